The number of methoxy groups -OCH3 is 2. The van der Waals surface area contributed by atoms with E-state index in [9.17, 15) is 5.11 Å². The summed E-state index contributed by atoms with van der Waals surface area (Å²) in [6.07, 6.45) is -0.778. The van der Waals surface area contributed by atoms with E-state index >= 15 is 0 Å². The van der Waals surface area contributed by atoms with Gasteiger partial charge in [0.2, 0.25) is 0 Å². The highest BCUT2D eigenvalue weighted by Gasteiger charge is 2.11. The van der Waals surface area contributed by atoms with Gasteiger partial charge in [-0.15, -0.1) is 24.0 Å². The van der Waals surface area contributed by atoms with Crippen LogP contribution in [0.1, 0.15) is 18.6 Å². The van der Waals surface area contributed by atoms with E-state index in [0.29, 0.717) is 42.7 Å². The summed E-state index contributed by atoms with van der Waals surface area (Å²) < 4.78 is 16.2. The molecule has 7 nitrogen and oxygen atoms in total. The number of para-hydroxylation sites is 1. The molecule has 0 heterocycles. The number of hydrogen-bond acceptors (Lipinski definition) is 5. The largest absolute Gasteiger partial charge is 0.497 e. The summed E-state index contributed by atoms with van der Waals surface area (Å²) in [6, 6.07) is 15.0. The molecule has 160 valence electrons. The number of hydrogen-bond donors (Lipinski definition) is 3. The van der Waals surface area contributed by atoms with E-state index in [1.54, 1.807) is 32.4 Å². The Kier molecular flexibility index (Phi) is 11.9. The number of halogens is 1. The molecule has 0 saturated heterocycles. The molecule has 1 atom stereocenters. The van der Waals surface area contributed by atoms with Gasteiger partial charge in [-0.2, -0.15) is 0 Å². The van der Waals surface area contributed by atoms with Gasteiger partial charge in [0.1, 0.15) is 23.9 Å². The lowest BCUT2D eigenvalue weighted by atomic mass is 10.1. The molecule has 0 aliphatic heterocycles. The van der Waals surface area contributed by atoms with Crippen molar-refractivity contribution in [1.82, 2.24) is 10.6 Å². The van der Waals surface area contributed by atoms with Crippen molar-refractivity contribution in [3.05, 3.63) is 54.1 Å². The Morgan fingerprint density at radius 2 is 1.66 bits per heavy atom. The van der Waals surface area contributed by atoms with Crippen molar-refractivity contribution in [2.24, 2.45) is 4.99 Å². The summed E-state index contributed by atoms with van der Waals surface area (Å²) >= 11 is 0. The minimum atomic E-state index is -0.778. The predicted octanol–water partition coefficient (Wildman–Crippen LogP) is 2.99. The van der Waals surface area contributed by atoms with Crippen molar-refractivity contribution in [3.63, 3.8) is 0 Å². The lowest BCUT2D eigenvalue weighted by Crippen LogP contribution is -2.39. The van der Waals surface area contributed by atoms with Crippen molar-refractivity contribution in [2.75, 3.05) is 40.5 Å². The molecule has 0 radical (unpaired) electrons. The second-order valence-corrected chi connectivity index (χ2v) is 5.97. The molecule has 8 heteroatoms. The molecule has 0 saturated carbocycles. The van der Waals surface area contributed by atoms with Crippen LogP contribution >= 0.6 is 24.0 Å². The maximum Gasteiger partial charge on any atom is 0.191 e. The van der Waals surface area contributed by atoms with Gasteiger partial charge in [0, 0.05) is 12.6 Å². The number of nitrogens with zero attached hydrogens (tertiary/aromatic N) is 1. The van der Waals surface area contributed by atoms with Gasteiger partial charge < -0.3 is 30.0 Å². The fourth-order valence-corrected chi connectivity index (χ4v) is 2.50. The van der Waals surface area contributed by atoms with Crippen molar-refractivity contribution < 1.29 is 19.3 Å². The van der Waals surface area contributed by atoms with Crippen LogP contribution in [0.15, 0.2) is 53.5 Å². The second-order valence-electron chi connectivity index (χ2n) is 5.97. The van der Waals surface area contributed by atoms with E-state index in [2.05, 4.69) is 15.6 Å². The summed E-state index contributed by atoms with van der Waals surface area (Å²) in [4.78, 5) is 4.45. The van der Waals surface area contributed by atoms with Crippen LogP contribution in [0, 0.1) is 0 Å². The first-order chi connectivity index (χ1) is 13.7. The topological polar surface area (TPSA) is 84.3 Å². The molecule has 2 aromatic rings. The average Bonchev–Trinajstić information content (AvgIpc) is 2.74. The molecule has 2 aromatic carbocycles. The van der Waals surface area contributed by atoms with Crippen LogP contribution in [-0.4, -0.2) is 51.5 Å². The van der Waals surface area contributed by atoms with Crippen molar-refractivity contribution >= 4 is 29.9 Å². The normalized spacial score (nSPS) is 11.8. The van der Waals surface area contributed by atoms with E-state index in [4.69, 9.17) is 14.2 Å². The van der Waals surface area contributed by atoms with Gasteiger partial charge in [-0.1, -0.05) is 18.2 Å². The molecule has 29 heavy (non-hydrogen) atoms. The molecule has 0 spiro atoms. The predicted molar refractivity (Wildman–Crippen MR) is 126 cm³/mol. The fraction of sp³-hybridized carbons (Fsp3) is 0.381. The lowest BCUT2D eigenvalue weighted by Gasteiger charge is -2.15. The molecule has 1 unspecified atom stereocenters. The molecular formula is C21H30IN3O4. The summed E-state index contributed by atoms with van der Waals surface area (Å²) in [6.45, 7) is 3.99. The highest BCUT2D eigenvalue weighted by atomic mass is 127. The number of benzene rings is 2. The molecule has 0 fully saturated rings. The van der Waals surface area contributed by atoms with E-state index in [-0.39, 0.29) is 30.5 Å². The van der Waals surface area contributed by atoms with Crippen LogP contribution in [0.25, 0.3) is 0 Å². The van der Waals surface area contributed by atoms with Crippen molar-refractivity contribution in [2.45, 2.75) is 13.0 Å². The van der Waals surface area contributed by atoms with Gasteiger partial charge in [0.15, 0.2) is 5.96 Å². The van der Waals surface area contributed by atoms with Crippen LogP contribution in [-0.2, 0) is 0 Å². The Labute approximate surface area is 189 Å². The van der Waals surface area contributed by atoms with E-state index in [1.165, 1.54) is 0 Å². The highest BCUT2D eigenvalue weighted by molar-refractivity contribution is 14.0. The third kappa shape index (κ3) is 8.78. The molecular weight excluding hydrogens is 485 g/mol. The van der Waals surface area contributed by atoms with Crippen LogP contribution in [0.3, 0.4) is 0 Å². The number of aliphatic imine (C=N–C) groups is 1. The van der Waals surface area contributed by atoms with E-state index < -0.39 is 6.10 Å². The number of rotatable bonds is 10. The van der Waals surface area contributed by atoms with Crippen LogP contribution in [0.5, 0.6) is 17.2 Å². The van der Waals surface area contributed by atoms with Gasteiger partial charge in [-0.25, -0.2) is 0 Å². The van der Waals surface area contributed by atoms with Gasteiger partial charge >= 0.3 is 0 Å². The SMILES string of the molecule is CCNC(=NCC(O)c1cc(OC)cc(OC)c1)NCCOc1ccccc1.I. The third-order valence-electron chi connectivity index (χ3n) is 3.93. The number of ether oxygens (including phenoxy) is 3. The monoisotopic (exact) mass is 515 g/mol. The third-order valence-corrected chi connectivity index (χ3v) is 3.93. The number of aliphatic hydroxyl groups is 1. The maximum absolute atomic E-state index is 10.5. The summed E-state index contributed by atoms with van der Waals surface area (Å²) in [5.41, 5.74) is 0.684. The fourth-order valence-electron chi connectivity index (χ4n) is 2.50. The molecule has 3 N–H and O–H groups in total. The lowest BCUT2D eigenvalue weighted by molar-refractivity contribution is 0.186. The van der Waals surface area contributed by atoms with Crippen LogP contribution in [0.4, 0.5) is 0 Å². The zero-order valence-electron chi connectivity index (χ0n) is 17.1. The zero-order valence-corrected chi connectivity index (χ0v) is 19.4. The van der Waals surface area contributed by atoms with Crippen LogP contribution in [0.2, 0.25) is 0 Å². The smallest absolute Gasteiger partial charge is 0.191 e. The number of nitrogens with one attached hydrogen (secondary N) is 2. The van der Waals surface area contributed by atoms with Gasteiger partial charge in [0.25, 0.3) is 0 Å². The van der Waals surface area contributed by atoms with Gasteiger partial charge in [0.05, 0.1) is 33.4 Å². The Hall–Kier alpha value is -2.20. The first-order valence-corrected chi connectivity index (χ1v) is 9.27. The van der Waals surface area contributed by atoms with E-state index in [1.807, 2.05) is 37.3 Å². The second kappa shape index (κ2) is 13.9. The van der Waals surface area contributed by atoms with Crippen molar-refractivity contribution in [3.8, 4) is 17.2 Å². The van der Waals surface area contributed by atoms with Gasteiger partial charge in [-0.3, -0.25) is 4.99 Å². The number of aliphatic hydroxyl groups excluding tert-OH is 1. The standard InChI is InChI=1S/C21H29N3O4.HI/c1-4-22-21(23-10-11-28-17-8-6-5-7-9-17)24-15-20(25)16-12-18(26-2)14-19(13-16)27-3;/h5-9,12-14,20,25H,4,10-11,15H2,1-3H3,(H2,22,23,24);1H. The Morgan fingerprint density at radius 1 is 1.00 bits per heavy atom. The minimum absolute atomic E-state index is 0. The Balaban J connectivity index is 0.00000420. The first kappa shape index (κ1) is 24.8. The average molecular weight is 515 g/mol. The number of guanidine groups is 1. The van der Waals surface area contributed by atoms with Crippen molar-refractivity contribution in [1.29, 1.82) is 0 Å². The Morgan fingerprint density at radius 3 is 2.24 bits per heavy atom. The highest BCUT2D eigenvalue weighted by Crippen LogP contribution is 2.26. The molecule has 0 bridgehead atoms. The van der Waals surface area contributed by atoms with Crippen LogP contribution < -0.4 is 24.8 Å². The van der Waals surface area contributed by atoms with Gasteiger partial charge in [-0.05, 0) is 36.8 Å². The quantitative estimate of drug-likeness (QED) is 0.195. The molecule has 0 amide bonds. The molecule has 0 aliphatic rings. The minimum Gasteiger partial charge on any atom is -0.497 e. The Bertz CT molecular complexity index is 722. The summed E-state index contributed by atoms with van der Waals surface area (Å²) in [5, 5.41) is 16.9. The summed E-state index contributed by atoms with van der Waals surface area (Å²) in [5.74, 6) is 2.70. The zero-order chi connectivity index (χ0) is 20.2. The molecule has 0 aromatic heterocycles. The van der Waals surface area contributed by atoms with E-state index in [0.717, 1.165) is 5.75 Å². The first-order valence-electron chi connectivity index (χ1n) is 9.27. The summed E-state index contributed by atoms with van der Waals surface area (Å²) in [7, 11) is 3.15. The molecule has 0 aliphatic carbocycles. The maximum atomic E-state index is 10.5. The molecule has 2 rings (SSSR count).